The molecule has 0 atom stereocenters. The Hall–Kier alpha value is -1.89. The lowest BCUT2D eigenvalue weighted by Crippen LogP contribution is -2.23. The summed E-state index contributed by atoms with van der Waals surface area (Å²) in [4.78, 5) is 19.2. The lowest BCUT2D eigenvalue weighted by Gasteiger charge is -2.09. The van der Waals surface area contributed by atoms with Crippen LogP contribution in [0.25, 0.3) is 9.88 Å². The van der Waals surface area contributed by atoms with Gasteiger partial charge < -0.3 is 10.1 Å². The van der Waals surface area contributed by atoms with Gasteiger partial charge in [-0.2, -0.15) is 0 Å². The summed E-state index contributed by atoms with van der Waals surface area (Å²) in [5, 5.41) is 6.41. The van der Waals surface area contributed by atoms with E-state index in [0.29, 0.717) is 22.9 Å². The van der Waals surface area contributed by atoms with Crippen LogP contribution in [0, 0.1) is 6.92 Å². The standard InChI is InChI=1S/C17H15ClN2O2S2/c1-10-15(24-17(20-10)14-4-3-7-23-14)9-19-16(21)12-8-11(18)5-6-13(12)22-2/h3-8H,9H2,1-2H3,(H,19,21). The van der Waals surface area contributed by atoms with Crippen molar-refractivity contribution < 1.29 is 9.53 Å². The molecule has 3 aromatic rings. The lowest BCUT2D eigenvalue weighted by molar-refractivity contribution is 0.0948. The first-order valence-corrected chi connectivity index (χ1v) is 9.28. The van der Waals surface area contributed by atoms with Crippen molar-refractivity contribution in [3.05, 3.63) is 56.9 Å². The van der Waals surface area contributed by atoms with Crippen molar-refractivity contribution in [2.24, 2.45) is 0 Å². The number of ether oxygens (including phenoxy) is 1. The highest BCUT2D eigenvalue weighted by Crippen LogP contribution is 2.31. The van der Waals surface area contributed by atoms with Crippen LogP contribution in [-0.4, -0.2) is 18.0 Å². The molecule has 24 heavy (non-hydrogen) atoms. The number of aryl methyl sites for hydroxylation is 1. The maximum Gasteiger partial charge on any atom is 0.255 e. The van der Waals surface area contributed by atoms with Crippen LogP contribution in [0.15, 0.2) is 35.7 Å². The summed E-state index contributed by atoms with van der Waals surface area (Å²) >= 11 is 9.23. The number of amides is 1. The molecule has 0 fully saturated rings. The third-order valence-corrected chi connectivity index (χ3v) is 5.87. The molecule has 0 spiro atoms. The number of benzene rings is 1. The van der Waals surface area contributed by atoms with Gasteiger partial charge in [-0.15, -0.1) is 22.7 Å². The summed E-state index contributed by atoms with van der Waals surface area (Å²) in [5.74, 6) is 0.275. The average molecular weight is 379 g/mol. The van der Waals surface area contributed by atoms with Gasteiger partial charge in [0.25, 0.3) is 5.91 Å². The normalized spacial score (nSPS) is 10.6. The van der Waals surface area contributed by atoms with E-state index in [1.165, 1.54) is 7.11 Å². The maximum absolute atomic E-state index is 12.4. The van der Waals surface area contributed by atoms with Crippen molar-refractivity contribution in [2.75, 3.05) is 7.11 Å². The van der Waals surface area contributed by atoms with Crippen LogP contribution in [0.3, 0.4) is 0 Å². The highest BCUT2D eigenvalue weighted by atomic mass is 35.5. The Morgan fingerprint density at radius 3 is 2.92 bits per heavy atom. The van der Waals surface area contributed by atoms with Gasteiger partial charge in [-0.1, -0.05) is 17.7 Å². The van der Waals surface area contributed by atoms with Crippen LogP contribution < -0.4 is 10.1 Å². The van der Waals surface area contributed by atoms with E-state index in [-0.39, 0.29) is 5.91 Å². The molecule has 0 bridgehead atoms. The number of hydrogen-bond acceptors (Lipinski definition) is 5. The Morgan fingerprint density at radius 1 is 1.38 bits per heavy atom. The number of methoxy groups -OCH3 is 1. The highest BCUT2D eigenvalue weighted by Gasteiger charge is 2.15. The molecule has 0 saturated heterocycles. The zero-order valence-corrected chi connectivity index (χ0v) is 15.5. The number of nitrogens with zero attached hydrogens (tertiary/aromatic N) is 1. The Labute approximate surface area is 153 Å². The molecule has 1 amide bonds. The summed E-state index contributed by atoms with van der Waals surface area (Å²) in [7, 11) is 1.53. The number of rotatable bonds is 5. The molecular formula is C17H15ClN2O2S2. The quantitative estimate of drug-likeness (QED) is 0.695. The second kappa shape index (κ2) is 7.34. The Balaban J connectivity index is 1.74. The van der Waals surface area contributed by atoms with Crippen molar-refractivity contribution in [3.8, 4) is 15.6 Å². The molecule has 124 valence electrons. The summed E-state index contributed by atoms with van der Waals surface area (Å²) in [5.41, 5.74) is 1.35. The zero-order chi connectivity index (χ0) is 17.1. The molecular weight excluding hydrogens is 364 g/mol. The molecule has 2 heterocycles. The molecule has 7 heteroatoms. The van der Waals surface area contributed by atoms with E-state index in [4.69, 9.17) is 16.3 Å². The van der Waals surface area contributed by atoms with Gasteiger partial charge in [0.1, 0.15) is 10.8 Å². The lowest BCUT2D eigenvalue weighted by atomic mass is 10.2. The number of carbonyl (C=O) groups excluding carboxylic acids is 1. The van der Waals surface area contributed by atoms with Gasteiger partial charge >= 0.3 is 0 Å². The number of thiophene rings is 1. The third-order valence-electron chi connectivity index (χ3n) is 3.44. The molecule has 0 aliphatic carbocycles. The molecule has 0 saturated carbocycles. The molecule has 0 radical (unpaired) electrons. The number of halogens is 1. The van der Waals surface area contributed by atoms with E-state index in [9.17, 15) is 4.79 Å². The first-order chi connectivity index (χ1) is 11.6. The van der Waals surface area contributed by atoms with E-state index in [2.05, 4.69) is 10.3 Å². The molecule has 1 N–H and O–H groups in total. The minimum atomic E-state index is -0.222. The van der Waals surface area contributed by atoms with Crippen LogP contribution >= 0.6 is 34.3 Å². The molecule has 2 aromatic heterocycles. The number of nitrogens with one attached hydrogen (secondary N) is 1. The van der Waals surface area contributed by atoms with Crippen LogP contribution in [0.5, 0.6) is 5.75 Å². The Morgan fingerprint density at radius 2 is 2.21 bits per heavy atom. The number of hydrogen-bond donors (Lipinski definition) is 1. The van der Waals surface area contributed by atoms with Crippen LogP contribution in [0.1, 0.15) is 20.9 Å². The molecule has 4 nitrogen and oxygen atoms in total. The molecule has 0 aliphatic heterocycles. The monoisotopic (exact) mass is 378 g/mol. The predicted molar refractivity (Wildman–Crippen MR) is 99.3 cm³/mol. The summed E-state index contributed by atoms with van der Waals surface area (Å²) in [6, 6.07) is 9.03. The number of thiazole rings is 1. The van der Waals surface area contributed by atoms with Crippen LogP contribution in [0.2, 0.25) is 5.02 Å². The minimum Gasteiger partial charge on any atom is -0.496 e. The van der Waals surface area contributed by atoms with Gasteiger partial charge in [-0.3, -0.25) is 4.79 Å². The second-order valence-electron chi connectivity index (χ2n) is 5.03. The topological polar surface area (TPSA) is 51.2 Å². The zero-order valence-electron chi connectivity index (χ0n) is 13.1. The van der Waals surface area contributed by atoms with E-state index in [0.717, 1.165) is 20.5 Å². The van der Waals surface area contributed by atoms with E-state index >= 15 is 0 Å². The van der Waals surface area contributed by atoms with E-state index in [1.807, 2.05) is 24.4 Å². The fraction of sp³-hybridized carbons (Fsp3) is 0.176. The third kappa shape index (κ3) is 3.61. The van der Waals surface area contributed by atoms with E-state index < -0.39 is 0 Å². The Bertz CT molecular complexity index is 860. The van der Waals surface area contributed by atoms with Gasteiger partial charge in [0, 0.05) is 9.90 Å². The van der Waals surface area contributed by atoms with Crippen LogP contribution in [-0.2, 0) is 6.54 Å². The fourth-order valence-corrected chi connectivity index (χ4v) is 4.18. The van der Waals surface area contributed by atoms with Crippen molar-refractivity contribution in [2.45, 2.75) is 13.5 Å². The van der Waals surface area contributed by atoms with Crippen molar-refractivity contribution in [1.82, 2.24) is 10.3 Å². The SMILES string of the molecule is COc1ccc(Cl)cc1C(=O)NCc1sc(-c2cccs2)nc1C. The largest absolute Gasteiger partial charge is 0.496 e. The maximum atomic E-state index is 12.4. The minimum absolute atomic E-state index is 0.222. The summed E-state index contributed by atoms with van der Waals surface area (Å²) < 4.78 is 5.22. The average Bonchev–Trinajstić information content (AvgIpc) is 3.22. The fourth-order valence-electron chi connectivity index (χ4n) is 2.21. The van der Waals surface area contributed by atoms with Gasteiger partial charge in [-0.25, -0.2) is 4.98 Å². The highest BCUT2D eigenvalue weighted by molar-refractivity contribution is 7.21. The molecule has 1 aromatic carbocycles. The smallest absolute Gasteiger partial charge is 0.255 e. The van der Waals surface area contributed by atoms with Gasteiger partial charge in [0.15, 0.2) is 0 Å². The first-order valence-electron chi connectivity index (χ1n) is 7.20. The van der Waals surface area contributed by atoms with Gasteiger partial charge in [-0.05, 0) is 36.6 Å². The van der Waals surface area contributed by atoms with Gasteiger partial charge in [0.2, 0.25) is 0 Å². The van der Waals surface area contributed by atoms with Crippen molar-refractivity contribution in [1.29, 1.82) is 0 Å². The molecule has 0 aliphatic rings. The number of aromatic nitrogens is 1. The Kier molecular flexibility index (Phi) is 5.18. The second-order valence-corrected chi connectivity index (χ2v) is 7.50. The number of carbonyl (C=O) groups is 1. The van der Waals surface area contributed by atoms with Crippen LogP contribution in [0.4, 0.5) is 0 Å². The van der Waals surface area contributed by atoms with Crippen molar-refractivity contribution >= 4 is 40.2 Å². The first kappa shape index (κ1) is 17.0. The van der Waals surface area contributed by atoms with E-state index in [1.54, 1.807) is 40.9 Å². The molecule has 3 rings (SSSR count). The molecule has 0 unspecified atom stereocenters. The predicted octanol–water partition coefficient (Wildman–Crippen LogP) is 4.77. The van der Waals surface area contributed by atoms with Gasteiger partial charge in [0.05, 0.1) is 29.8 Å². The summed E-state index contributed by atoms with van der Waals surface area (Å²) in [6.07, 6.45) is 0. The summed E-state index contributed by atoms with van der Waals surface area (Å²) in [6.45, 7) is 2.37. The van der Waals surface area contributed by atoms with Crippen molar-refractivity contribution in [3.63, 3.8) is 0 Å².